The standard InChI is InChI=1S/C20H31N3O4S/c1-4-23(5-2)28(26,27)17-12-10-16(11-13-17)20(25)21-14-19(24)22-18-9-7-6-8-15(18)3/h10-13,15,18H,4-9,14H2,1-3H3,(H,21,25)(H,22,24)/t15-,18+/m0/s1. The van der Waals surface area contributed by atoms with Gasteiger partial charge in [-0.25, -0.2) is 8.42 Å². The van der Waals surface area contributed by atoms with Crippen molar-refractivity contribution in [3.05, 3.63) is 29.8 Å². The molecule has 28 heavy (non-hydrogen) atoms. The molecule has 1 aliphatic carbocycles. The number of carbonyl (C=O) groups excluding carboxylic acids is 2. The normalized spacial score (nSPS) is 20.0. The van der Waals surface area contributed by atoms with Crippen LogP contribution in [-0.2, 0) is 14.8 Å². The highest BCUT2D eigenvalue weighted by Gasteiger charge is 2.23. The molecule has 156 valence electrons. The maximum Gasteiger partial charge on any atom is 0.251 e. The zero-order valence-electron chi connectivity index (χ0n) is 16.9. The molecule has 1 saturated carbocycles. The first-order valence-corrected chi connectivity index (χ1v) is 11.4. The Morgan fingerprint density at radius 2 is 1.68 bits per heavy atom. The Bertz CT molecular complexity index is 773. The molecule has 0 bridgehead atoms. The van der Waals surface area contributed by atoms with Gasteiger partial charge in [-0.15, -0.1) is 0 Å². The summed E-state index contributed by atoms with van der Waals surface area (Å²) in [6, 6.07) is 5.95. The Labute approximate surface area is 167 Å². The first-order valence-electron chi connectivity index (χ1n) is 9.97. The molecule has 2 rings (SSSR count). The molecule has 2 N–H and O–H groups in total. The van der Waals surface area contributed by atoms with Crippen molar-refractivity contribution < 1.29 is 18.0 Å². The highest BCUT2D eigenvalue weighted by molar-refractivity contribution is 7.89. The first kappa shape index (κ1) is 22.4. The van der Waals surface area contributed by atoms with Gasteiger partial charge in [-0.3, -0.25) is 9.59 Å². The Morgan fingerprint density at radius 3 is 2.25 bits per heavy atom. The summed E-state index contributed by atoms with van der Waals surface area (Å²) in [7, 11) is -3.55. The van der Waals surface area contributed by atoms with Crippen molar-refractivity contribution in [2.24, 2.45) is 5.92 Å². The topological polar surface area (TPSA) is 95.6 Å². The van der Waals surface area contributed by atoms with Gasteiger partial charge in [-0.05, 0) is 43.0 Å². The van der Waals surface area contributed by atoms with Gasteiger partial charge in [0, 0.05) is 24.7 Å². The van der Waals surface area contributed by atoms with Crippen LogP contribution in [0.4, 0.5) is 0 Å². The van der Waals surface area contributed by atoms with E-state index in [1.165, 1.54) is 35.0 Å². The number of carbonyl (C=O) groups is 2. The summed E-state index contributed by atoms with van der Waals surface area (Å²) < 4.78 is 26.3. The highest BCUT2D eigenvalue weighted by Crippen LogP contribution is 2.23. The van der Waals surface area contributed by atoms with Gasteiger partial charge in [-0.2, -0.15) is 4.31 Å². The van der Waals surface area contributed by atoms with Crippen molar-refractivity contribution in [3.8, 4) is 0 Å². The van der Waals surface area contributed by atoms with Crippen molar-refractivity contribution in [1.82, 2.24) is 14.9 Å². The first-order chi connectivity index (χ1) is 13.3. The van der Waals surface area contributed by atoms with Gasteiger partial charge >= 0.3 is 0 Å². The summed E-state index contributed by atoms with van der Waals surface area (Å²) in [6.07, 6.45) is 4.40. The molecule has 7 nitrogen and oxygen atoms in total. The number of nitrogens with zero attached hydrogens (tertiary/aromatic N) is 1. The molecule has 0 aliphatic heterocycles. The average molecular weight is 410 g/mol. The fraction of sp³-hybridized carbons (Fsp3) is 0.600. The van der Waals surface area contributed by atoms with E-state index in [9.17, 15) is 18.0 Å². The SMILES string of the molecule is CCN(CC)S(=O)(=O)c1ccc(C(=O)NCC(=O)N[C@@H]2CCCC[C@@H]2C)cc1. The van der Waals surface area contributed by atoms with Crippen LogP contribution in [-0.4, -0.2) is 50.2 Å². The lowest BCUT2D eigenvalue weighted by atomic mass is 9.86. The van der Waals surface area contributed by atoms with Crippen LogP contribution in [0.1, 0.15) is 56.8 Å². The van der Waals surface area contributed by atoms with Gasteiger partial charge in [0.1, 0.15) is 0 Å². The van der Waals surface area contributed by atoms with Crippen LogP contribution in [0.25, 0.3) is 0 Å². The molecule has 1 aliphatic rings. The van der Waals surface area contributed by atoms with Crippen molar-refractivity contribution in [2.75, 3.05) is 19.6 Å². The molecule has 2 amide bonds. The summed E-state index contributed by atoms with van der Waals surface area (Å²) >= 11 is 0. The third kappa shape index (κ3) is 5.54. The molecule has 0 spiro atoms. The molecule has 1 fully saturated rings. The van der Waals surface area contributed by atoms with Gasteiger partial charge in [0.15, 0.2) is 0 Å². The zero-order chi connectivity index (χ0) is 20.7. The largest absolute Gasteiger partial charge is 0.352 e. The van der Waals surface area contributed by atoms with Crippen LogP contribution in [0.2, 0.25) is 0 Å². The summed E-state index contributed by atoms with van der Waals surface area (Å²) in [5, 5.41) is 5.59. The minimum Gasteiger partial charge on any atom is -0.352 e. The number of benzene rings is 1. The fourth-order valence-corrected chi connectivity index (χ4v) is 5.00. The third-order valence-corrected chi connectivity index (χ3v) is 7.39. The second kappa shape index (κ2) is 10.0. The van der Waals surface area contributed by atoms with Crippen LogP contribution in [0.3, 0.4) is 0 Å². The van der Waals surface area contributed by atoms with Crippen LogP contribution in [0.5, 0.6) is 0 Å². The molecular formula is C20H31N3O4S. The van der Waals surface area contributed by atoms with E-state index in [1.807, 2.05) is 0 Å². The summed E-state index contributed by atoms with van der Waals surface area (Å²) in [6.45, 7) is 6.37. The van der Waals surface area contributed by atoms with Gasteiger partial charge in [0.05, 0.1) is 11.4 Å². The number of amides is 2. The molecule has 8 heteroatoms. The van der Waals surface area contributed by atoms with Crippen LogP contribution in [0, 0.1) is 5.92 Å². The van der Waals surface area contributed by atoms with E-state index in [1.54, 1.807) is 13.8 Å². The minimum atomic E-state index is -3.55. The molecule has 2 atom stereocenters. The van der Waals surface area contributed by atoms with Crippen molar-refractivity contribution in [1.29, 1.82) is 0 Å². The molecule has 0 radical (unpaired) electrons. The van der Waals surface area contributed by atoms with E-state index in [0.717, 1.165) is 19.3 Å². The summed E-state index contributed by atoms with van der Waals surface area (Å²) in [4.78, 5) is 24.5. The smallest absolute Gasteiger partial charge is 0.251 e. The molecule has 1 aromatic carbocycles. The third-order valence-electron chi connectivity index (χ3n) is 5.33. The van der Waals surface area contributed by atoms with Gasteiger partial charge in [0.25, 0.3) is 5.91 Å². The number of nitrogens with one attached hydrogen (secondary N) is 2. The van der Waals surface area contributed by atoms with Crippen molar-refractivity contribution in [2.45, 2.75) is 57.4 Å². The number of sulfonamides is 1. The predicted molar refractivity (Wildman–Crippen MR) is 108 cm³/mol. The Morgan fingerprint density at radius 1 is 1.07 bits per heavy atom. The van der Waals surface area contributed by atoms with Gasteiger partial charge in [0.2, 0.25) is 15.9 Å². The van der Waals surface area contributed by atoms with E-state index in [4.69, 9.17) is 0 Å². The van der Waals surface area contributed by atoms with E-state index < -0.39 is 15.9 Å². The number of rotatable bonds is 8. The Hall–Kier alpha value is -1.93. The lowest BCUT2D eigenvalue weighted by Crippen LogP contribution is -2.45. The molecule has 1 aromatic rings. The lowest BCUT2D eigenvalue weighted by Gasteiger charge is -2.29. The summed E-state index contributed by atoms with van der Waals surface area (Å²) in [5.74, 6) is -0.153. The molecule has 0 heterocycles. The van der Waals surface area contributed by atoms with Crippen LogP contribution >= 0.6 is 0 Å². The molecule has 0 unspecified atom stereocenters. The van der Waals surface area contributed by atoms with Crippen molar-refractivity contribution >= 4 is 21.8 Å². The Kier molecular flexibility index (Phi) is 8.00. The van der Waals surface area contributed by atoms with Gasteiger partial charge < -0.3 is 10.6 Å². The fourth-order valence-electron chi connectivity index (χ4n) is 3.54. The van der Waals surface area contributed by atoms with Crippen LogP contribution < -0.4 is 10.6 Å². The van der Waals surface area contributed by atoms with E-state index in [2.05, 4.69) is 17.6 Å². The monoisotopic (exact) mass is 409 g/mol. The number of hydrogen-bond donors (Lipinski definition) is 2. The zero-order valence-corrected chi connectivity index (χ0v) is 17.7. The second-order valence-corrected chi connectivity index (χ2v) is 9.17. The minimum absolute atomic E-state index is 0.0957. The molecule has 0 aromatic heterocycles. The van der Waals surface area contributed by atoms with Gasteiger partial charge in [-0.1, -0.05) is 33.6 Å². The maximum absolute atomic E-state index is 12.5. The Balaban J connectivity index is 1.91. The summed E-state index contributed by atoms with van der Waals surface area (Å²) in [5.41, 5.74) is 0.317. The second-order valence-electron chi connectivity index (χ2n) is 7.23. The maximum atomic E-state index is 12.5. The van der Waals surface area contributed by atoms with E-state index in [-0.39, 0.29) is 23.4 Å². The highest BCUT2D eigenvalue weighted by atomic mass is 32.2. The lowest BCUT2D eigenvalue weighted by molar-refractivity contribution is -0.121. The average Bonchev–Trinajstić information content (AvgIpc) is 2.68. The van der Waals surface area contributed by atoms with E-state index >= 15 is 0 Å². The molecule has 0 saturated heterocycles. The number of hydrogen-bond acceptors (Lipinski definition) is 4. The quantitative estimate of drug-likeness (QED) is 0.688. The van der Waals surface area contributed by atoms with Crippen LogP contribution in [0.15, 0.2) is 29.2 Å². The predicted octanol–water partition coefficient (Wildman–Crippen LogP) is 2.14. The molecular weight excluding hydrogens is 378 g/mol. The van der Waals surface area contributed by atoms with E-state index in [0.29, 0.717) is 24.6 Å². The van der Waals surface area contributed by atoms with Crippen molar-refractivity contribution in [3.63, 3.8) is 0 Å².